The first kappa shape index (κ1) is 13.3. The van der Waals surface area contributed by atoms with Gasteiger partial charge in [0.2, 0.25) is 0 Å². The van der Waals surface area contributed by atoms with Gasteiger partial charge in [0.05, 0.1) is 5.56 Å². The lowest BCUT2D eigenvalue weighted by atomic mass is 10.1. The molecule has 0 aliphatic rings. The molecule has 0 aromatic heterocycles. The zero-order chi connectivity index (χ0) is 12.7. The van der Waals surface area contributed by atoms with E-state index in [-0.39, 0.29) is 5.91 Å². The third kappa shape index (κ3) is 4.31. The normalized spacial score (nSPS) is 9.76. The fourth-order valence-electron chi connectivity index (χ4n) is 1.42. The van der Waals surface area contributed by atoms with Gasteiger partial charge in [-0.15, -0.1) is 0 Å². The van der Waals surface area contributed by atoms with E-state index in [0.29, 0.717) is 12.1 Å². The van der Waals surface area contributed by atoms with E-state index < -0.39 is 0 Å². The van der Waals surface area contributed by atoms with E-state index >= 15 is 0 Å². The Morgan fingerprint density at radius 1 is 1.35 bits per heavy atom. The van der Waals surface area contributed by atoms with E-state index in [0.717, 1.165) is 24.2 Å². The maximum absolute atomic E-state index is 11.9. The topological polar surface area (TPSA) is 41.1 Å². The van der Waals surface area contributed by atoms with Crippen LogP contribution < -0.4 is 10.6 Å². The van der Waals surface area contributed by atoms with Gasteiger partial charge in [-0.1, -0.05) is 31.2 Å². The quantitative estimate of drug-likeness (QED) is 0.740. The Kier molecular flexibility index (Phi) is 5.27. The summed E-state index contributed by atoms with van der Waals surface area (Å²) in [6, 6.07) is 7.54. The number of para-hydroxylation sites is 1. The molecule has 1 aromatic rings. The molecule has 0 saturated heterocycles. The maximum atomic E-state index is 11.9. The van der Waals surface area contributed by atoms with Crippen molar-refractivity contribution in [3.8, 4) is 0 Å². The highest BCUT2D eigenvalue weighted by molar-refractivity contribution is 5.99. The molecule has 0 atom stereocenters. The molecule has 0 aliphatic carbocycles. The van der Waals surface area contributed by atoms with Gasteiger partial charge in [0.25, 0.3) is 5.91 Å². The molecule has 0 spiro atoms. The minimum atomic E-state index is -0.0628. The summed E-state index contributed by atoms with van der Waals surface area (Å²) in [6.07, 6.45) is 1.03. The average molecular weight is 232 g/mol. The van der Waals surface area contributed by atoms with Gasteiger partial charge >= 0.3 is 0 Å². The van der Waals surface area contributed by atoms with Gasteiger partial charge in [-0.05, 0) is 25.5 Å². The predicted octanol–water partition coefficient (Wildman–Crippen LogP) is 2.81. The van der Waals surface area contributed by atoms with Crippen LogP contribution in [0.3, 0.4) is 0 Å². The maximum Gasteiger partial charge on any atom is 0.253 e. The van der Waals surface area contributed by atoms with Crippen LogP contribution in [0.25, 0.3) is 0 Å². The van der Waals surface area contributed by atoms with Crippen molar-refractivity contribution < 1.29 is 4.79 Å². The number of rotatable bonds is 6. The number of nitrogens with one attached hydrogen (secondary N) is 2. The lowest BCUT2D eigenvalue weighted by Crippen LogP contribution is -2.25. The van der Waals surface area contributed by atoms with Gasteiger partial charge in [0.1, 0.15) is 0 Å². The molecule has 3 heteroatoms. The van der Waals surface area contributed by atoms with Crippen molar-refractivity contribution in [2.45, 2.75) is 20.3 Å². The molecular weight excluding hydrogens is 212 g/mol. The third-order valence-electron chi connectivity index (χ3n) is 2.29. The summed E-state index contributed by atoms with van der Waals surface area (Å²) >= 11 is 0. The second kappa shape index (κ2) is 6.74. The Hall–Kier alpha value is -1.77. The molecular formula is C14H20N2O. The molecule has 0 heterocycles. The number of anilines is 1. The summed E-state index contributed by atoms with van der Waals surface area (Å²) in [5, 5.41) is 6.08. The molecule has 0 saturated carbocycles. The molecule has 3 nitrogen and oxygen atoms in total. The van der Waals surface area contributed by atoms with Crippen LogP contribution in [0.1, 0.15) is 30.6 Å². The van der Waals surface area contributed by atoms with Crippen LogP contribution in [0.4, 0.5) is 5.69 Å². The van der Waals surface area contributed by atoms with E-state index in [4.69, 9.17) is 0 Å². The fourth-order valence-corrected chi connectivity index (χ4v) is 1.42. The summed E-state index contributed by atoms with van der Waals surface area (Å²) in [5.74, 6) is -0.0628. The smallest absolute Gasteiger partial charge is 0.253 e. The summed E-state index contributed by atoms with van der Waals surface area (Å²) < 4.78 is 0. The lowest BCUT2D eigenvalue weighted by molar-refractivity contribution is 0.0958. The van der Waals surface area contributed by atoms with Crippen LogP contribution in [-0.4, -0.2) is 19.0 Å². The molecule has 1 aromatic carbocycles. The van der Waals surface area contributed by atoms with Crippen LogP contribution in [0, 0.1) is 0 Å². The molecule has 17 heavy (non-hydrogen) atoms. The fraction of sp³-hybridized carbons (Fsp3) is 0.357. The second-order valence-corrected chi connectivity index (χ2v) is 4.11. The van der Waals surface area contributed by atoms with Gasteiger partial charge < -0.3 is 10.6 Å². The Balaban J connectivity index is 2.74. The van der Waals surface area contributed by atoms with E-state index in [9.17, 15) is 4.79 Å². The van der Waals surface area contributed by atoms with E-state index in [1.807, 2.05) is 31.2 Å². The Morgan fingerprint density at radius 2 is 2.06 bits per heavy atom. The van der Waals surface area contributed by atoms with Gasteiger partial charge in [-0.25, -0.2) is 0 Å². The lowest BCUT2D eigenvalue weighted by Gasteiger charge is -2.11. The predicted molar refractivity (Wildman–Crippen MR) is 72.4 cm³/mol. The molecule has 2 N–H and O–H groups in total. The summed E-state index contributed by atoms with van der Waals surface area (Å²) in [7, 11) is 0. The van der Waals surface area contributed by atoms with Crippen molar-refractivity contribution in [1.29, 1.82) is 0 Å². The first-order chi connectivity index (χ1) is 8.15. The first-order valence-electron chi connectivity index (χ1n) is 5.90. The highest BCUT2D eigenvalue weighted by Crippen LogP contribution is 2.14. The Bertz CT molecular complexity index is 399. The number of hydrogen-bond donors (Lipinski definition) is 2. The van der Waals surface area contributed by atoms with Crippen molar-refractivity contribution in [3.05, 3.63) is 42.0 Å². The number of amides is 1. The molecule has 0 radical (unpaired) electrons. The summed E-state index contributed by atoms with van der Waals surface area (Å²) in [6.45, 7) is 9.13. The van der Waals surface area contributed by atoms with Crippen molar-refractivity contribution >= 4 is 11.6 Å². The standard InChI is InChI=1S/C14H20N2O/c1-4-9-15-13-8-6-5-7-12(13)14(17)16-10-11(2)3/h5-8,15H,2,4,9-10H2,1,3H3,(H,16,17). The van der Waals surface area contributed by atoms with Crippen molar-refractivity contribution in [1.82, 2.24) is 5.32 Å². The molecule has 1 rings (SSSR count). The molecule has 0 unspecified atom stereocenters. The zero-order valence-corrected chi connectivity index (χ0v) is 10.5. The highest BCUT2D eigenvalue weighted by atomic mass is 16.1. The van der Waals surface area contributed by atoms with Crippen LogP contribution in [-0.2, 0) is 0 Å². The molecule has 1 amide bonds. The number of benzene rings is 1. The van der Waals surface area contributed by atoms with Crippen molar-refractivity contribution in [3.63, 3.8) is 0 Å². The summed E-state index contributed by atoms with van der Waals surface area (Å²) in [5.41, 5.74) is 2.51. The van der Waals surface area contributed by atoms with Crippen LogP contribution >= 0.6 is 0 Å². The minimum absolute atomic E-state index is 0.0628. The van der Waals surface area contributed by atoms with Gasteiger partial charge in [-0.3, -0.25) is 4.79 Å². The average Bonchev–Trinajstić information content (AvgIpc) is 2.33. The van der Waals surface area contributed by atoms with E-state index in [2.05, 4.69) is 24.1 Å². The number of carbonyl (C=O) groups is 1. The number of carbonyl (C=O) groups excluding carboxylic acids is 1. The van der Waals surface area contributed by atoms with Crippen LogP contribution in [0.5, 0.6) is 0 Å². The minimum Gasteiger partial charge on any atom is -0.384 e. The zero-order valence-electron chi connectivity index (χ0n) is 10.5. The van der Waals surface area contributed by atoms with Crippen molar-refractivity contribution in [2.75, 3.05) is 18.4 Å². The molecule has 92 valence electrons. The van der Waals surface area contributed by atoms with Crippen molar-refractivity contribution in [2.24, 2.45) is 0 Å². The van der Waals surface area contributed by atoms with Crippen LogP contribution in [0.2, 0.25) is 0 Å². The largest absolute Gasteiger partial charge is 0.384 e. The van der Waals surface area contributed by atoms with Crippen LogP contribution in [0.15, 0.2) is 36.4 Å². The Morgan fingerprint density at radius 3 is 2.71 bits per heavy atom. The molecule has 0 bridgehead atoms. The van der Waals surface area contributed by atoms with Gasteiger partial charge in [0, 0.05) is 18.8 Å². The van der Waals surface area contributed by atoms with E-state index in [1.54, 1.807) is 0 Å². The summed E-state index contributed by atoms with van der Waals surface area (Å²) in [4.78, 5) is 11.9. The first-order valence-corrected chi connectivity index (χ1v) is 5.90. The highest BCUT2D eigenvalue weighted by Gasteiger charge is 2.09. The van der Waals surface area contributed by atoms with Gasteiger partial charge in [0.15, 0.2) is 0 Å². The Labute approximate surface area is 103 Å². The SMILES string of the molecule is C=C(C)CNC(=O)c1ccccc1NCCC. The molecule has 0 aliphatic heterocycles. The van der Waals surface area contributed by atoms with Gasteiger partial charge in [-0.2, -0.15) is 0 Å². The van der Waals surface area contributed by atoms with E-state index in [1.165, 1.54) is 0 Å². The number of hydrogen-bond acceptors (Lipinski definition) is 2. The monoisotopic (exact) mass is 232 g/mol. The third-order valence-corrected chi connectivity index (χ3v) is 2.29. The second-order valence-electron chi connectivity index (χ2n) is 4.11. The molecule has 0 fully saturated rings.